The highest BCUT2D eigenvalue weighted by Crippen LogP contribution is 2.23. The van der Waals surface area contributed by atoms with Crippen LogP contribution in [0.4, 0.5) is 5.69 Å². The molecule has 0 spiro atoms. The summed E-state index contributed by atoms with van der Waals surface area (Å²) in [7, 11) is 0. The van der Waals surface area contributed by atoms with Crippen LogP contribution in [0.1, 0.15) is 27.2 Å². The van der Waals surface area contributed by atoms with Crippen LogP contribution in [0.3, 0.4) is 0 Å². The first-order chi connectivity index (χ1) is 13.6. The Hall–Kier alpha value is -3.60. The molecule has 0 amide bonds. The number of hydrogen-bond acceptors (Lipinski definition) is 5. The summed E-state index contributed by atoms with van der Waals surface area (Å²) in [4.78, 5) is 12.0. The zero-order valence-electron chi connectivity index (χ0n) is 15.9. The van der Waals surface area contributed by atoms with E-state index in [4.69, 9.17) is 9.15 Å². The molecule has 0 saturated heterocycles. The SMILES string of the molecule is C=CCOC(=O)c1cccc(-c2ccc(C=NNc3ccc(C)cc3C)o2)c1. The second kappa shape index (κ2) is 8.86. The molecule has 28 heavy (non-hydrogen) atoms. The number of hydrogen-bond donors (Lipinski definition) is 1. The van der Waals surface area contributed by atoms with E-state index in [0.29, 0.717) is 17.1 Å². The Morgan fingerprint density at radius 3 is 2.82 bits per heavy atom. The number of rotatable bonds is 7. The third kappa shape index (κ3) is 4.76. The summed E-state index contributed by atoms with van der Waals surface area (Å²) < 4.78 is 10.9. The minimum atomic E-state index is -0.396. The highest BCUT2D eigenvalue weighted by molar-refractivity contribution is 5.91. The van der Waals surface area contributed by atoms with Crippen molar-refractivity contribution in [2.24, 2.45) is 5.10 Å². The van der Waals surface area contributed by atoms with Crippen LogP contribution in [0.25, 0.3) is 11.3 Å². The number of benzene rings is 2. The molecule has 0 aliphatic carbocycles. The Morgan fingerprint density at radius 2 is 2.04 bits per heavy atom. The van der Waals surface area contributed by atoms with Gasteiger partial charge in [0.2, 0.25) is 0 Å². The van der Waals surface area contributed by atoms with Gasteiger partial charge in [0.25, 0.3) is 0 Å². The number of carbonyl (C=O) groups excluding carboxylic acids is 1. The van der Waals surface area contributed by atoms with Gasteiger partial charge in [0.05, 0.1) is 17.5 Å². The Morgan fingerprint density at radius 1 is 1.18 bits per heavy atom. The lowest BCUT2D eigenvalue weighted by Crippen LogP contribution is -2.04. The van der Waals surface area contributed by atoms with Crippen molar-refractivity contribution in [2.45, 2.75) is 13.8 Å². The number of nitrogens with zero attached hydrogens (tertiary/aromatic N) is 1. The first-order valence-electron chi connectivity index (χ1n) is 8.91. The standard InChI is InChI=1S/C23H22N2O3/c1-4-12-27-23(26)19-7-5-6-18(14-19)22-11-9-20(28-22)15-24-25-21-10-8-16(2)13-17(21)3/h4-11,13-15,25H,1,12H2,2-3H3. The van der Waals surface area contributed by atoms with Crippen molar-refractivity contribution in [3.63, 3.8) is 0 Å². The molecule has 1 heterocycles. The molecular weight excluding hydrogens is 352 g/mol. The van der Waals surface area contributed by atoms with Crippen LogP contribution in [0.5, 0.6) is 0 Å². The number of aryl methyl sites for hydroxylation is 2. The summed E-state index contributed by atoms with van der Waals surface area (Å²) in [5.74, 6) is 0.853. The van der Waals surface area contributed by atoms with Crippen molar-refractivity contribution >= 4 is 17.9 Å². The Balaban J connectivity index is 1.70. The van der Waals surface area contributed by atoms with Crippen molar-refractivity contribution in [1.29, 1.82) is 0 Å². The molecule has 142 valence electrons. The van der Waals surface area contributed by atoms with E-state index in [1.807, 2.05) is 37.3 Å². The zero-order valence-corrected chi connectivity index (χ0v) is 15.9. The molecule has 1 aromatic heterocycles. The number of nitrogens with one attached hydrogen (secondary N) is 1. The van der Waals surface area contributed by atoms with Crippen molar-refractivity contribution in [2.75, 3.05) is 12.0 Å². The molecule has 1 N–H and O–H groups in total. The minimum absolute atomic E-state index is 0.178. The molecule has 0 radical (unpaired) electrons. The van der Waals surface area contributed by atoms with Crippen LogP contribution in [-0.4, -0.2) is 18.8 Å². The Labute approximate surface area is 164 Å². The number of ether oxygens (including phenoxy) is 1. The predicted octanol–water partition coefficient (Wildman–Crippen LogP) is 5.35. The quantitative estimate of drug-likeness (QED) is 0.262. The third-order valence-corrected chi connectivity index (χ3v) is 4.10. The van der Waals surface area contributed by atoms with Gasteiger partial charge >= 0.3 is 5.97 Å². The van der Waals surface area contributed by atoms with Crippen LogP contribution in [0.15, 0.2) is 76.8 Å². The molecule has 5 nitrogen and oxygen atoms in total. The third-order valence-electron chi connectivity index (χ3n) is 4.10. The number of esters is 1. The van der Waals surface area contributed by atoms with E-state index in [0.717, 1.165) is 16.8 Å². The van der Waals surface area contributed by atoms with E-state index >= 15 is 0 Å². The zero-order chi connectivity index (χ0) is 19.9. The number of anilines is 1. The topological polar surface area (TPSA) is 63.8 Å². The number of carbonyl (C=O) groups is 1. The molecule has 0 aliphatic heterocycles. The van der Waals surface area contributed by atoms with Crippen molar-refractivity contribution < 1.29 is 13.9 Å². The molecule has 0 atom stereocenters. The highest BCUT2D eigenvalue weighted by atomic mass is 16.5. The van der Waals surface area contributed by atoms with Crippen LogP contribution < -0.4 is 5.43 Å². The second-order valence-corrected chi connectivity index (χ2v) is 6.36. The van der Waals surface area contributed by atoms with E-state index in [1.54, 1.807) is 24.4 Å². The minimum Gasteiger partial charge on any atom is -0.458 e. The maximum absolute atomic E-state index is 12.0. The number of hydrazone groups is 1. The van der Waals surface area contributed by atoms with Gasteiger partial charge in [0, 0.05) is 5.56 Å². The molecule has 5 heteroatoms. The van der Waals surface area contributed by atoms with Crippen molar-refractivity contribution in [3.05, 3.63) is 89.7 Å². The van der Waals surface area contributed by atoms with E-state index in [-0.39, 0.29) is 6.61 Å². The van der Waals surface area contributed by atoms with E-state index in [9.17, 15) is 4.79 Å². The van der Waals surface area contributed by atoms with Crippen LogP contribution in [-0.2, 0) is 4.74 Å². The fourth-order valence-electron chi connectivity index (χ4n) is 2.70. The van der Waals surface area contributed by atoms with E-state index in [1.165, 1.54) is 11.6 Å². The Kier molecular flexibility index (Phi) is 6.07. The molecule has 0 fully saturated rings. The van der Waals surface area contributed by atoms with Gasteiger partial charge in [-0.25, -0.2) is 4.79 Å². The molecule has 3 aromatic rings. The van der Waals surface area contributed by atoms with Crippen molar-refractivity contribution in [3.8, 4) is 11.3 Å². The lowest BCUT2D eigenvalue weighted by atomic mass is 10.1. The molecular formula is C23H22N2O3. The van der Waals surface area contributed by atoms with Gasteiger partial charge < -0.3 is 9.15 Å². The average molecular weight is 374 g/mol. The maximum atomic E-state index is 12.0. The largest absolute Gasteiger partial charge is 0.458 e. The van der Waals surface area contributed by atoms with Gasteiger partial charge in [-0.3, -0.25) is 5.43 Å². The summed E-state index contributed by atoms with van der Waals surface area (Å²) >= 11 is 0. The maximum Gasteiger partial charge on any atom is 0.338 e. The fourth-order valence-corrected chi connectivity index (χ4v) is 2.70. The summed E-state index contributed by atoms with van der Waals surface area (Å²) in [6, 6.07) is 16.9. The normalized spacial score (nSPS) is 10.8. The van der Waals surface area contributed by atoms with Gasteiger partial charge in [-0.2, -0.15) is 5.10 Å². The van der Waals surface area contributed by atoms with Gasteiger partial charge in [0.1, 0.15) is 18.1 Å². The van der Waals surface area contributed by atoms with Crippen LogP contribution >= 0.6 is 0 Å². The highest BCUT2D eigenvalue weighted by Gasteiger charge is 2.10. The van der Waals surface area contributed by atoms with Gasteiger partial charge in [-0.1, -0.05) is 42.5 Å². The lowest BCUT2D eigenvalue weighted by Gasteiger charge is -2.05. The van der Waals surface area contributed by atoms with E-state index in [2.05, 4.69) is 30.1 Å². The molecule has 3 rings (SSSR count). The van der Waals surface area contributed by atoms with Crippen LogP contribution in [0, 0.1) is 13.8 Å². The molecule has 0 aliphatic rings. The summed E-state index contributed by atoms with van der Waals surface area (Å²) in [5.41, 5.74) is 7.54. The summed E-state index contributed by atoms with van der Waals surface area (Å²) in [6.45, 7) is 7.80. The average Bonchev–Trinajstić information content (AvgIpc) is 3.17. The van der Waals surface area contributed by atoms with E-state index < -0.39 is 5.97 Å². The molecule has 0 unspecified atom stereocenters. The van der Waals surface area contributed by atoms with Crippen molar-refractivity contribution in [1.82, 2.24) is 0 Å². The monoisotopic (exact) mass is 374 g/mol. The molecule has 0 saturated carbocycles. The second-order valence-electron chi connectivity index (χ2n) is 6.36. The molecule has 2 aromatic carbocycles. The Bertz CT molecular complexity index is 1020. The van der Waals surface area contributed by atoms with Gasteiger partial charge in [0.15, 0.2) is 0 Å². The van der Waals surface area contributed by atoms with Gasteiger partial charge in [-0.15, -0.1) is 0 Å². The molecule has 0 bridgehead atoms. The number of furan rings is 1. The summed E-state index contributed by atoms with van der Waals surface area (Å²) in [5, 5.41) is 4.24. The first kappa shape index (κ1) is 19.2. The predicted molar refractivity (Wildman–Crippen MR) is 112 cm³/mol. The smallest absolute Gasteiger partial charge is 0.338 e. The fraction of sp³-hybridized carbons (Fsp3) is 0.130. The van der Waals surface area contributed by atoms with Crippen LogP contribution in [0.2, 0.25) is 0 Å². The lowest BCUT2D eigenvalue weighted by molar-refractivity contribution is 0.0550. The van der Waals surface area contributed by atoms with Gasteiger partial charge in [-0.05, 0) is 49.7 Å². The first-order valence-corrected chi connectivity index (χ1v) is 8.91. The summed E-state index contributed by atoms with van der Waals surface area (Å²) in [6.07, 6.45) is 3.15.